The highest BCUT2D eigenvalue weighted by Crippen LogP contribution is 2.67. The van der Waals surface area contributed by atoms with Crippen LogP contribution in [-0.2, 0) is 16.6 Å². The number of amides is 1. The summed E-state index contributed by atoms with van der Waals surface area (Å²) in [6.07, 6.45) is -0.00482. The van der Waals surface area contributed by atoms with Gasteiger partial charge in [0.1, 0.15) is 22.7 Å². The second kappa shape index (κ2) is 8.02. The molecule has 160 valence electrons. The summed E-state index contributed by atoms with van der Waals surface area (Å²) in [7, 11) is 0. The van der Waals surface area contributed by atoms with Gasteiger partial charge in [0.15, 0.2) is 0 Å². The van der Waals surface area contributed by atoms with Crippen molar-refractivity contribution in [3.8, 4) is 17.2 Å². The summed E-state index contributed by atoms with van der Waals surface area (Å²) in [6, 6.07) is 22.3. The predicted octanol–water partition coefficient (Wildman–Crippen LogP) is 5.11. The monoisotopic (exact) mass is 423 g/mol. The Morgan fingerprint density at radius 3 is 2.26 bits per heavy atom. The molecule has 2 atom stereocenters. The highest BCUT2D eigenvalue weighted by atomic mass is 19.3. The van der Waals surface area contributed by atoms with Gasteiger partial charge in [0, 0.05) is 0 Å². The molecule has 6 heteroatoms. The Morgan fingerprint density at radius 2 is 1.61 bits per heavy atom. The van der Waals surface area contributed by atoms with Gasteiger partial charge in [-0.15, -0.1) is 0 Å². The largest absolute Gasteiger partial charge is 0.494 e. The van der Waals surface area contributed by atoms with E-state index in [-0.39, 0.29) is 12.0 Å². The maximum absolute atomic E-state index is 15.1. The number of hydrogen-bond donors (Lipinski definition) is 1. The first-order valence-electron chi connectivity index (χ1n) is 10.1. The Bertz CT molecular complexity index is 1070. The first-order valence-corrected chi connectivity index (χ1v) is 10.1. The zero-order valence-corrected chi connectivity index (χ0v) is 17.1. The van der Waals surface area contributed by atoms with Gasteiger partial charge in [0.25, 0.3) is 5.92 Å². The Labute approximate surface area is 179 Å². The third-order valence-electron chi connectivity index (χ3n) is 5.73. The van der Waals surface area contributed by atoms with Crippen molar-refractivity contribution in [3.05, 3.63) is 90.0 Å². The van der Waals surface area contributed by atoms with Crippen LogP contribution in [-0.4, -0.2) is 18.4 Å². The number of hydrogen-bond acceptors (Lipinski definition) is 3. The standard InChI is InChI=1S/C25H23F2NO3/c1-2-30-19-13-11-18(12-14-19)24(23(28)29)22(25(24,26)27)16-17-7-6-10-21(15-17)31-20-8-4-3-5-9-20/h3-15,22H,2,16H2,1H3,(H2,28,29). The maximum Gasteiger partial charge on any atom is 0.271 e. The Balaban J connectivity index is 1.59. The quantitative estimate of drug-likeness (QED) is 0.548. The number of carbonyl (C=O) groups excluding carboxylic acids is 1. The van der Waals surface area contributed by atoms with E-state index in [0.717, 1.165) is 0 Å². The predicted molar refractivity (Wildman–Crippen MR) is 114 cm³/mol. The minimum Gasteiger partial charge on any atom is -0.494 e. The van der Waals surface area contributed by atoms with Crippen molar-refractivity contribution in [2.75, 3.05) is 6.61 Å². The fraction of sp³-hybridized carbons (Fsp3) is 0.240. The number of benzene rings is 3. The molecular weight excluding hydrogens is 400 g/mol. The molecule has 3 aromatic rings. The molecule has 0 saturated heterocycles. The molecule has 4 rings (SSSR count). The second-order valence-electron chi connectivity index (χ2n) is 7.57. The highest BCUT2D eigenvalue weighted by Gasteiger charge is 2.84. The molecule has 1 fully saturated rings. The van der Waals surface area contributed by atoms with E-state index in [2.05, 4.69) is 0 Å². The average molecular weight is 423 g/mol. The zero-order chi connectivity index (χ0) is 22.1. The SMILES string of the molecule is CCOc1ccc(C2(C(N)=O)C(Cc3cccc(Oc4ccccc4)c3)C2(F)F)cc1. The molecule has 0 spiro atoms. The fourth-order valence-electron chi connectivity index (χ4n) is 4.20. The first kappa shape index (κ1) is 20.8. The van der Waals surface area contributed by atoms with Crippen molar-refractivity contribution in [1.29, 1.82) is 0 Å². The van der Waals surface area contributed by atoms with Crippen LogP contribution in [0, 0.1) is 5.92 Å². The van der Waals surface area contributed by atoms with Crippen LogP contribution in [0.3, 0.4) is 0 Å². The number of nitrogens with two attached hydrogens (primary N) is 1. The van der Waals surface area contributed by atoms with Crippen molar-refractivity contribution >= 4 is 5.91 Å². The van der Waals surface area contributed by atoms with Crippen LogP contribution < -0.4 is 15.2 Å². The van der Waals surface area contributed by atoms with Crippen molar-refractivity contribution in [1.82, 2.24) is 0 Å². The summed E-state index contributed by atoms with van der Waals surface area (Å²) in [5.41, 5.74) is 4.35. The van der Waals surface area contributed by atoms with Gasteiger partial charge < -0.3 is 15.2 Å². The van der Waals surface area contributed by atoms with Crippen LogP contribution in [0.2, 0.25) is 0 Å². The molecule has 1 amide bonds. The summed E-state index contributed by atoms with van der Waals surface area (Å²) < 4.78 is 41.3. The molecule has 4 nitrogen and oxygen atoms in total. The smallest absolute Gasteiger partial charge is 0.271 e. The number of para-hydroxylation sites is 1. The molecule has 1 aliphatic rings. The number of halogens is 2. The number of carbonyl (C=O) groups is 1. The molecule has 2 N–H and O–H groups in total. The lowest BCUT2D eigenvalue weighted by molar-refractivity contribution is -0.123. The third kappa shape index (κ3) is 3.63. The van der Waals surface area contributed by atoms with E-state index in [4.69, 9.17) is 15.2 Å². The minimum atomic E-state index is -3.25. The van der Waals surface area contributed by atoms with Gasteiger partial charge >= 0.3 is 0 Å². The van der Waals surface area contributed by atoms with Crippen molar-refractivity contribution in [2.45, 2.75) is 24.7 Å². The topological polar surface area (TPSA) is 61.5 Å². The summed E-state index contributed by atoms with van der Waals surface area (Å²) in [5.74, 6) is -3.76. The number of primary amides is 1. The number of rotatable bonds is 8. The van der Waals surface area contributed by atoms with Crippen LogP contribution in [0.25, 0.3) is 0 Å². The number of ether oxygens (including phenoxy) is 2. The van der Waals surface area contributed by atoms with Gasteiger partial charge in [0.05, 0.1) is 12.5 Å². The molecule has 31 heavy (non-hydrogen) atoms. The van der Waals surface area contributed by atoms with Gasteiger partial charge in [-0.1, -0.05) is 42.5 Å². The maximum atomic E-state index is 15.1. The molecular formula is C25H23F2NO3. The molecule has 2 unspecified atom stereocenters. The number of alkyl halides is 2. The molecule has 0 aromatic heterocycles. The molecule has 1 saturated carbocycles. The lowest BCUT2D eigenvalue weighted by atomic mass is 9.90. The van der Waals surface area contributed by atoms with Gasteiger partial charge in [-0.2, -0.15) is 0 Å². The Morgan fingerprint density at radius 1 is 0.935 bits per heavy atom. The van der Waals surface area contributed by atoms with Gasteiger partial charge in [-0.3, -0.25) is 4.79 Å². The van der Waals surface area contributed by atoms with E-state index in [1.165, 1.54) is 12.1 Å². The molecule has 0 heterocycles. The van der Waals surface area contributed by atoms with E-state index in [9.17, 15) is 4.79 Å². The van der Waals surface area contributed by atoms with E-state index in [1.54, 1.807) is 36.4 Å². The van der Waals surface area contributed by atoms with Crippen LogP contribution in [0.1, 0.15) is 18.1 Å². The summed E-state index contributed by atoms with van der Waals surface area (Å²) in [6.45, 7) is 2.29. The lowest BCUT2D eigenvalue weighted by Crippen LogP contribution is -2.34. The zero-order valence-electron chi connectivity index (χ0n) is 17.1. The molecule has 3 aromatic carbocycles. The molecule has 0 aliphatic heterocycles. The second-order valence-corrected chi connectivity index (χ2v) is 7.57. The summed E-state index contributed by atoms with van der Waals surface area (Å²) in [4.78, 5) is 12.3. The molecule has 0 radical (unpaired) electrons. The van der Waals surface area contributed by atoms with Crippen LogP contribution in [0.15, 0.2) is 78.9 Å². The lowest BCUT2D eigenvalue weighted by Gasteiger charge is -2.14. The highest BCUT2D eigenvalue weighted by molar-refractivity contribution is 5.93. The van der Waals surface area contributed by atoms with Gasteiger partial charge in [0.2, 0.25) is 5.91 Å². The van der Waals surface area contributed by atoms with E-state index in [0.29, 0.717) is 29.4 Å². The summed E-state index contributed by atoms with van der Waals surface area (Å²) >= 11 is 0. The normalized spacial score (nSPS) is 21.3. The minimum absolute atomic E-state index is 0.00482. The van der Waals surface area contributed by atoms with Crippen molar-refractivity contribution < 1.29 is 23.0 Å². The average Bonchev–Trinajstić information content (AvgIpc) is 3.25. The summed E-state index contributed by atoms with van der Waals surface area (Å²) in [5, 5.41) is 0. The van der Waals surface area contributed by atoms with Crippen molar-refractivity contribution in [2.24, 2.45) is 11.7 Å². The first-order chi connectivity index (χ1) is 14.9. The van der Waals surface area contributed by atoms with Gasteiger partial charge in [-0.05, 0) is 60.9 Å². The van der Waals surface area contributed by atoms with E-state index < -0.39 is 23.2 Å². The third-order valence-corrected chi connectivity index (χ3v) is 5.73. The van der Waals surface area contributed by atoms with Gasteiger partial charge in [-0.25, -0.2) is 8.78 Å². The molecule has 1 aliphatic carbocycles. The van der Waals surface area contributed by atoms with Crippen LogP contribution in [0.4, 0.5) is 8.78 Å². The Hall–Kier alpha value is -3.41. The van der Waals surface area contributed by atoms with Crippen LogP contribution in [0.5, 0.6) is 17.2 Å². The van der Waals surface area contributed by atoms with E-state index in [1.807, 2.05) is 37.3 Å². The fourth-order valence-corrected chi connectivity index (χ4v) is 4.20. The van der Waals surface area contributed by atoms with E-state index >= 15 is 8.78 Å². The molecule has 0 bridgehead atoms. The van der Waals surface area contributed by atoms with Crippen LogP contribution >= 0.6 is 0 Å². The van der Waals surface area contributed by atoms with Crippen molar-refractivity contribution in [3.63, 3.8) is 0 Å². The Kier molecular flexibility index (Phi) is 5.39.